The summed E-state index contributed by atoms with van der Waals surface area (Å²) in [5.41, 5.74) is -0.420. The molecule has 0 radical (unpaired) electrons. The van der Waals surface area contributed by atoms with Crippen LogP contribution in [0.4, 0.5) is 0 Å². The molecule has 0 bridgehead atoms. The maximum atomic E-state index is 10.5. The highest BCUT2D eigenvalue weighted by atomic mass is 16.3. The van der Waals surface area contributed by atoms with E-state index in [0.717, 1.165) is 38.4 Å². The number of rotatable bonds is 6. The van der Waals surface area contributed by atoms with Gasteiger partial charge in [0, 0.05) is 19.6 Å². The van der Waals surface area contributed by atoms with Gasteiger partial charge in [-0.05, 0) is 57.5 Å². The van der Waals surface area contributed by atoms with Crippen molar-refractivity contribution in [1.82, 2.24) is 10.2 Å². The molecule has 18 heavy (non-hydrogen) atoms. The van der Waals surface area contributed by atoms with Gasteiger partial charge in [0.05, 0.1) is 5.60 Å². The molecular weight excluding hydrogens is 224 g/mol. The highest BCUT2D eigenvalue weighted by Gasteiger charge is 2.32. The third kappa shape index (κ3) is 4.22. The van der Waals surface area contributed by atoms with Crippen LogP contribution in [0.2, 0.25) is 0 Å². The molecule has 0 unspecified atom stereocenters. The molecule has 0 aromatic carbocycles. The van der Waals surface area contributed by atoms with Gasteiger partial charge in [-0.3, -0.25) is 0 Å². The van der Waals surface area contributed by atoms with Crippen LogP contribution in [0.5, 0.6) is 0 Å². The van der Waals surface area contributed by atoms with Crippen molar-refractivity contribution >= 4 is 0 Å². The smallest absolute Gasteiger partial charge is 0.0771 e. The predicted octanol–water partition coefficient (Wildman–Crippen LogP) is 2.00. The molecule has 1 aliphatic heterocycles. The molecule has 0 aromatic rings. The topological polar surface area (TPSA) is 35.5 Å². The van der Waals surface area contributed by atoms with Crippen molar-refractivity contribution in [3.8, 4) is 0 Å². The molecule has 106 valence electrons. The summed E-state index contributed by atoms with van der Waals surface area (Å²) in [6.45, 7) is 7.77. The average molecular weight is 254 g/mol. The van der Waals surface area contributed by atoms with Crippen molar-refractivity contribution in [2.75, 3.05) is 32.7 Å². The largest absolute Gasteiger partial charge is 0.389 e. The lowest BCUT2D eigenvalue weighted by Gasteiger charge is -2.36. The maximum absolute atomic E-state index is 10.5. The van der Waals surface area contributed by atoms with E-state index in [-0.39, 0.29) is 0 Å². The Morgan fingerprint density at radius 2 is 1.89 bits per heavy atom. The number of aliphatic hydroxyl groups is 1. The Bertz CT molecular complexity index is 231. The SMILES string of the molecule is CCC1CCC(O)(CNCCN2CCCC2)CC1. The standard InChI is InChI=1S/C15H30N2O/c1-2-14-5-7-15(18,8-6-14)13-16-9-12-17-10-3-4-11-17/h14,16,18H,2-13H2,1H3. The van der Waals surface area contributed by atoms with E-state index in [1.165, 1.54) is 45.2 Å². The van der Waals surface area contributed by atoms with Gasteiger partial charge < -0.3 is 15.3 Å². The fourth-order valence-electron chi connectivity index (χ4n) is 3.36. The number of hydrogen-bond donors (Lipinski definition) is 2. The lowest BCUT2D eigenvalue weighted by atomic mass is 9.78. The van der Waals surface area contributed by atoms with Crippen LogP contribution in [-0.2, 0) is 0 Å². The monoisotopic (exact) mass is 254 g/mol. The fourth-order valence-corrected chi connectivity index (χ4v) is 3.36. The van der Waals surface area contributed by atoms with Crippen molar-refractivity contribution in [2.24, 2.45) is 5.92 Å². The van der Waals surface area contributed by atoms with Crippen LogP contribution in [0.1, 0.15) is 51.9 Å². The molecule has 3 nitrogen and oxygen atoms in total. The minimum atomic E-state index is -0.420. The first kappa shape index (κ1) is 14.3. The summed E-state index contributed by atoms with van der Waals surface area (Å²) < 4.78 is 0. The highest BCUT2D eigenvalue weighted by molar-refractivity contribution is 4.87. The molecule has 0 aromatic heterocycles. The van der Waals surface area contributed by atoms with Crippen LogP contribution in [0.15, 0.2) is 0 Å². The third-order valence-electron chi connectivity index (χ3n) is 4.87. The summed E-state index contributed by atoms with van der Waals surface area (Å²) >= 11 is 0. The molecule has 1 heterocycles. The number of nitrogens with one attached hydrogen (secondary N) is 1. The quantitative estimate of drug-likeness (QED) is 0.712. The van der Waals surface area contributed by atoms with Crippen molar-refractivity contribution in [3.05, 3.63) is 0 Å². The fraction of sp³-hybridized carbons (Fsp3) is 1.00. The Labute approximate surface area is 112 Å². The van der Waals surface area contributed by atoms with Gasteiger partial charge in [0.25, 0.3) is 0 Å². The number of likely N-dealkylation sites (tertiary alicyclic amines) is 1. The van der Waals surface area contributed by atoms with E-state index in [2.05, 4.69) is 17.1 Å². The summed E-state index contributed by atoms with van der Waals surface area (Å²) in [5.74, 6) is 0.856. The van der Waals surface area contributed by atoms with E-state index in [1.54, 1.807) is 0 Å². The van der Waals surface area contributed by atoms with E-state index in [0.29, 0.717) is 0 Å². The zero-order valence-electron chi connectivity index (χ0n) is 12.0. The van der Waals surface area contributed by atoms with Gasteiger partial charge in [-0.25, -0.2) is 0 Å². The first-order valence-corrected chi connectivity index (χ1v) is 7.87. The molecule has 0 amide bonds. The normalized spacial score (nSPS) is 34.0. The molecule has 2 fully saturated rings. The minimum absolute atomic E-state index is 0.420. The lowest BCUT2D eigenvalue weighted by molar-refractivity contribution is -0.00868. The van der Waals surface area contributed by atoms with Gasteiger partial charge in [0.2, 0.25) is 0 Å². The molecule has 1 saturated heterocycles. The van der Waals surface area contributed by atoms with E-state index in [1.807, 2.05) is 0 Å². The van der Waals surface area contributed by atoms with Crippen LogP contribution in [-0.4, -0.2) is 48.3 Å². The summed E-state index contributed by atoms with van der Waals surface area (Å²) in [4.78, 5) is 2.52. The average Bonchev–Trinajstić information content (AvgIpc) is 2.89. The summed E-state index contributed by atoms with van der Waals surface area (Å²) in [6, 6.07) is 0. The first-order valence-electron chi connectivity index (χ1n) is 7.87. The molecule has 2 N–H and O–H groups in total. The molecule has 2 aliphatic rings. The Kier molecular flexibility index (Phi) is 5.46. The zero-order valence-corrected chi connectivity index (χ0v) is 12.0. The van der Waals surface area contributed by atoms with Gasteiger partial charge in [-0.2, -0.15) is 0 Å². The zero-order chi connectivity index (χ0) is 12.8. The Balaban J connectivity index is 1.57. The van der Waals surface area contributed by atoms with Crippen molar-refractivity contribution < 1.29 is 5.11 Å². The van der Waals surface area contributed by atoms with Gasteiger partial charge in [-0.1, -0.05) is 13.3 Å². The van der Waals surface area contributed by atoms with Crippen molar-refractivity contribution in [3.63, 3.8) is 0 Å². The van der Waals surface area contributed by atoms with E-state index >= 15 is 0 Å². The predicted molar refractivity (Wildman–Crippen MR) is 75.7 cm³/mol. The van der Waals surface area contributed by atoms with Crippen LogP contribution < -0.4 is 5.32 Å². The van der Waals surface area contributed by atoms with Gasteiger partial charge in [0.15, 0.2) is 0 Å². The molecular formula is C15H30N2O. The lowest BCUT2D eigenvalue weighted by Crippen LogP contribution is -2.45. The van der Waals surface area contributed by atoms with Crippen LogP contribution in [0.25, 0.3) is 0 Å². The van der Waals surface area contributed by atoms with Gasteiger partial charge in [0.1, 0.15) is 0 Å². The summed E-state index contributed by atoms with van der Waals surface area (Å²) in [5, 5.41) is 14.0. The Morgan fingerprint density at radius 3 is 2.50 bits per heavy atom. The Morgan fingerprint density at radius 1 is 1.22 bits per heavy atom. The molecule has 0 spiro atoms. The maximum Gasteiger partial charge on any atom is 0.0771 e. The van der Waals surface area contributed by atoms with E-state index in [4.69, 9.17) is 0 Å². The highest BCUT2D eigenvalue weighted by Crippen LogP contribution is 2.33. The van der Waals surface area contributed by atoms with Crippen LogP contribution in [0.3, 0.4) is 0 Å². The molecule has 2 rings (SSSR count). The van der Waals surface area contributed by atoms with Crippen LogP contribution >= 0.6 is 0 Å². The second kappa shape index (κ2) is 6.88. The van der Waals surface area contributed by atoms with Crippen molar-refractivity contribution in [2.45, 2.75) is 57.5 Å². The molecule has 1 aliphatic carbocycles. The van der Waals surface area contributed by atoms with Gasteiger partial charge >= 0.3 is 0 Å². The molecule has 3 heteroatoms. The number of nitrogens with zero attached hydrogens (tertiary/aromatic N) is 1. The second-order valence-electron chi connectivity index (χ2n) is 6.30. The third-order valence-corrected chi connectivity index (χ3v) is 4.87. The minimum Gasteiger partial charge on any atom is -0.389 e. The van der Waals surface area contributed by atoms with Crippen LogP contribution in [0, 0.1) is 5.92 Å². The Hall–Kier alpha value is -0.120. The first-order chi connectivity index (χ1) is 8.72. The molecule has 0 atom stereocenters. The number of hydrogen-bond acceptors (Lipinski definition) is 3. The van der Waals surface area contributed by atoms with Gasteiger partial charge in [-0.15, -0.1) is 0 Å². The molecule has 1 saturated carbocycles. The second-order valence-corrected chi connectivity index (χ2v) is 6.30. The summed E-state index contributed by atoms with van der Waals surface area (Å²) in [6.07, 6.45) is 8.40. The van der Waals surface area contributed by atoms with E-state index < -0.39 is 5.60 Å². The van der Waals surface area contributed by atoms with Crippen molar-refractivity contribution in [1.29, 1.82) is 0 Å². The summed E-state index contributed by atoms with van der Waals surface area (Å²) in [7, 11) is 0. The van der Waals surface area contributed by atoms with E-state index in [9.17, 15) is 5.11 Å².